The standard InChI is InChI=1S/C23H26N4O2.ClH/c1-15-5-4-12-27(14-15)23(28)20-13-24-22-19(11-6-16(2)25-22)21(20)26-17-7-9-18(29-3)10-8-17;/h6-11,13,15H,4-5,12,14H2,1-3H3,(H,24,25,26);1H. The molecule has 3 aromatic rings. The lowest BCUT2D eigenvalue weighted by Crippen LogP contribution is -2.39. The first-order valence-electron chi connectivity index (χ1n) is 10.0. The van der Waals surface area contributed by atoms with E-state index in [1.807, 2.05) is 48.2 Å². The molecule has 1 unspecified atom stereocenters. The van der Waals surface area contributed by atoms with Gasteiger partial charge in [0, 0.05) is 36.1 Å². The molecule has 0 spiro atoms. The summed E-state index contributed by atoms with van der Waals surface area (Å²) < 4.78 is 5.25. The molecule has 2 aromatic heterocycles. The Morgan fingerprint density at radius 2 is 1.97 bits per heavy atom. The third kappa shape index (κ3) is 4.49. The average molecular weight is 427 g/mol. The van der Waals surface area contributed by atoms with Gasteiger partial charge >= 0.3 is 0 Å². The number of nitrogens with one attached hydrogen (secondary N) is 1. The number of aryl methyl sites for hydroxylation is 1. The van der Waals surface area contributed by atoms with Crippen molar-refractivity contribution in [2.75, 3.05) is 25.5 Å². The molecule has 1 saturated heterocycles. The van der Waals surface area contributed by atoms with Crippen LogP contribution < -0.4 is 10.1 Å². The van der Waals surface area contributed by atoms with Crippen LogP contribution in [0.25, 0.3) is 11.0 Å². The maximum Gasteiger partial charge on any atom is 0.257 e. The minimum Gasteiger partial charge on any atom is -0.497 e. The number of nitrogens with zero attached hydrogens (tertiary/aromatic N) is 3. The molecular formula is C23H27ClN4O2. The number of hydrogen-bond acceptors (Lipinski definition) is 5. The number of benzene rings is 1. The molecule has 1 N–H and O–H groups in total. The minimum absolute atomic E-state index is 0. The molecule has 1 aliphatic rings. The van der Waals surface area contributed by atoms with Gasteiger partial charge in [-0.05, 0) is 62.1 Å². The number of piperidine rings is 1. The van der Waals surface area contributed by atoms with Gasteiger partial charge in [-0.25, -0.2) is 9.97 Å². The van der Waals surface area contributed by atoms with Crippen LogP contribution in [0, 0.1) is 12.8 Å². The molecular weight excluding hydrogens is 400 g/mol. The molecule has 7 heteroatoms. The van der Waals surface area contributed by atoms with Gasteiger partial charge in [-0.15, -0.1) is 12.4 Å². The van der Waals surface area contributed by atoms with Gasteiger partial charge in [0.05, 0.1) is 18.4 Å². The van der Waals surface area contributed by atoms with Crippen molar-refractivity contribution in [3.63, 3.8) is 0 Å². The second kappa shape index (κ2) is 9.30. The first-order valence-corrected chi connectivity index (χ1v) is 10.0. The van der Waals surface area contributed by atoms with Crippen molar-refractivity contribution in [2.45, 2.75) is 26.7 Å². The molecule has 30 heavy (non-hydrogen) atoms. The van der Waals surface area contributed by atoms with Crippen LogP contribution in [0.15, 0.2) is 42.6 Å². The number of hydrogen-bond donors (Lipinski definition) is 1. The molecule has 0 radical (unpaired) electrons. The number of aromatic nitrogens is 2. The van der Waals surface area contributed by atoms with Crippen molar-refractivity contribution in [2.24, 2.45) is 5.92 Å². The number of anilines is 2. The predicted octanol–water partition coefficient (Wildman–Crippen LogP) is 4.98. The van der Waals surface area contributed by atoms with E-state index in [1.54, 1.807) is 13.3 Å². The molecule has 0 saturated carbocycles. The number of pyridine rings is 2. The Labute approximate surface area is 183 Å². The number of rotatable bonds is 4. The molecule has 6 nitrogen and oxygen atoms in total. The smallest absolute Gasteiger partial charge is 0.257 e. The average Bonchev–Trinajstić information content (AvgIpc) is 2.74. The predicted molar refractivity (Wildman–Crippen MR) is 122 cm³/mol. The van der Waals surface area contributed by atoms with E-state index in [9.17, 15) is 4.79 Å². The number of likely N-dealkylation sites (tertiary alicyclic amines) is 1. The van der Waals surface area contributed by atoms with Gasteiger partial charge in [-0.1, -0.05) is 6.92 Å². The largest absolute Gasteiger partial charge is 0.497 e. The summed E-state index contributed by atoms with van der Waals surface area (Å²) >= 11 is 0. The number of methoxy groups -OCH3 is 1. The highest BCUT2D eigenvalue weighted by atomic mass is 35.5. The van der Waals surface area contributed by atoms with Crippen molar-refractivity contribution in [1.29, 1.82) is 0 Å². The minimum atomic E-state index is 0. The molecule has 1 aromatic carbocycles. The third-order valence-electron chi connectivity index (χ3n) is 5.40. The van der Waals surface area contributed by atoms with Crippen LogP contribution in [0.5, 0.6) is 5.75 Å². The van der Waals surface area contributed by atoms with Crippen molar-refractivity contribution in [1.82, 2.24) is 14.9 Å². The molecule has 1 atom stereocenters. The lowest BCUT2D eigenvalue weighted by molar-refractivity contribution is 0.0684. The van der Waals surface area contributed by atoms with Gasteiger partial charge in [-0.3, -0.25) is 4.79 Å². The lowest BCUT2D eigenvalue weighted by atomic mass is 9.99. The number of amides is 1. The molecule has 158 valence electrons. The van der Waals surface area contributed by atoms with Gasteiger partial charge in [0.15, 0.2) is 5.65 Å². The fraction of sp³-hybridized carbons (Fsp3) is 0.348. The second-order valence-corrected chi connectivity index (χ2v) is 7.72. The zero-order chi connectivity index (χ0) is 20.4. The van der Waals surface area contributed by atoms with Crippen LogP contribution in [-0.4, -0.2) is 41.0 Å². The number of carbonyl (C=O) groups is 1. The van der Waals surface area contributed by atoms with Gasteiger partial charge in [-0.2, -0.15) is 0 Å². The molecule has 1 fully saturated rings. The molecule has 1 aliphatic heterocycles. The zero-order valence-electron chi connectivity index (χ0n) is 17.5. The van der Waals surface area contributed by atoms with E-state index in [1.165, 1.54) is 6.42 Å². The van der Waals surface area contributed by atoms with Crippen LogP contribution in [0.1, 0.15) is 35.8 Å². The Hall–Kier alpha value is -2.86. The van der Waals surface area contributed by atoms with E-state index in [-0.39, 0.29) is 18.3 Å². The van der Waals surface area contributed by atoms with Gasteiger partial charge in [0.1, 0.15) is 5.75 Å². The normalized spacial score (nSPS) is 16.1. The topological polar surface area (TPSA) is 67.3 Å². The summed E-state index contributed by atoms with van der Waals surface area (Å²) in [6.45, 7) is 5.70. The van der Waals surface area contributed by atoms with Crippen molar-refractivity contribution in [3.8, 4) is 5.75 Å². The quantitative estimate of drug-likeness (QED) is 0.636. The third-order valence-corrected chi connectivity index (χ3v) is 5.40. The Morgan fingerprint density at radius 1 is 1.20 bits per heavy atom. The zero-order valence-corrected chi connectivity index (χ0v) is 18.3. The van der Waals surface area contributed by atoms with Gasteiger partial charge in [0.2, 0.25) is 0 Å². The summed E-state index contributed by atoms with van der Waals surface area (Å²) in [7, 11) is 1.64. The summed E-state index contributed by atoms with van der Waals surface area (Å²) in [4.78, 5) is 24.3. The van der Waals surface area contributed by atoms with E-state index in [2.05, 4.69) is 22.2 Å². The summed E-state index contributed by atoms with van der Waals surface area (Å²) in [5.41, 5.74) is 3.72. The number of ether oxygens (including phenoxy) is 1. The highest BCUT2D eigenvalue weighted by Crippen LogP contribution is 2.31. The molecule has 0 aliphatic carbocycles. The summed E-state index contributed by atoms with van der Waals surface area (Å²) in [5, 5.41) is 4.27. The van der Waals surface area contributed by atoms with Crippen LogP contribution >= 0.6 is 12.4 Å². The first-order chi connectivity index (χ1) is 14.0. The number of halogens is 1. The molecule has 0 bridgehead atoms. The van der Waals surface area contributed by atoms with Gasteiger partial charge in [0.25, 0.3) is 5.91 Å². The highest BCUT2D eigenvalue weighted by molar-refractivity contribution is 6.07. The summed E-state index contributed by atoms with van der Waals surface area (Å²) in [6.07, 6.45) is 3.86. The summed E-state index contributed by atoms with van der Waals surface area (Å²) in [6, 6.07) is 11.6. The Morgan fingerprint density at radius 3 is 2.67 bits per heavy atom. The van der Waals surface area contributed by atoms with Crippen LogP contribution in [0.4, 0.5) is 11.4 Å². The highest BCUT2D eigenvalue weighted by Gasteiger charge is 2.25. The van der Waals surface area contributed by atoms with E-state index >= 15 is 0 Å². The first kappa shape index (κ1) is 21.8. The molecule has 1 amide bonds. The van der Waals surface area contributed by atoms with E-state index in [0.29, 0.717) is 17.1 Å². The van der Waals surface area contributed by atoms with Crippen LogP contribution in [-0.2, 0) is 0 Å². The van der Waals surface area contributed by atoms with Crippen LogP contribution in [0.3, 0.4) is 0 Å². The van der Waals surface area contributed by atoms with E-state index in [0.717, 1.165) is 47.7 Å². The molecule has 3 heterocycles. The number of carbonyl (C=O) groups excluding carboxylic acids is 1. The van der Waals surface area contributed by atoms with Gasteiger partial charge < -0.3 is 15.0 Å². The van der Waals surface area contributed by atoms with Crippen LogP contribution in [0.2, 0.25) is 0 Å². The fourth-order valence-corrected chi connectivity index (χ4v) is 3.83. The lowest BCUT2D eigenvalue weighted by Gasteiger charge is -2.31. The number of fused-ring (bicyclic) bond motifs is 1. The Bertz CT molecular complexity index is 1040. The Balaban J connectivity index is 0.00000256. The monoisotopic (exact) mass is 426 g/mol. The van der Waals surface area contributed by atoms with E-state index < -0.39 is 0 Å². The summed E-state index contributed by atoms with van der Waals surface area (Å²) in [5.74, 6) is 1.32. The Kier molecular flexibility index (Phi) is 6.77. The van der Waals surface area contributed by atoms with Crippen molar-refractivity contribution in [3.05, 3.63) is 53.9 Å². The maximum absolute atomic E-state index is 13.4. The molecule has 4 rings (SSSR count). The van der Waals surface area contributed by atoms with Crippen molar-refractivity contribution < 1.29 is 9.53 Å². The maximum atomic E-state index is 13.4. The van der Waals surface area contributed by atoms with E-state index in [4.69, 9.17) is 4.74 Å². The van der Waals surface area contributed by atoms with Crippen molar-refractivity contribution >= 4 is 40.7 Å². The fourth-order valence-electron chi connectivity index (χ4n) is 3.83. The SMILES string of the molecule is COc1ccc(Nc2c(C(=O)N3CCCC(C)C3)cnc3nc(C)ccc23)cc1.Cl. The second-order valence-electron chi connectivity index (χ2n) is 7.72.